The fraction of sp³-hybridized carbons (Fsp3) is 0.625. The zero-order valence-electron chi connectivity index (χ0n) is 13.5. The molecule has 0 N–H and O–H groups in total. The molecule has 1 heterocycles. The number of aryl methyl sites for hydroxylation is 1. The Bertz CT molecular complexity index is 549. The smallest absolute Gasteiger partial charge is 0.214 e. The Kier molecular flexibility index (Phi) is 6.23. The molecule has 124 valence electrons. The van der Waals surface area contributed by atoms with Gasteiger partial charge in [0.1, 0.15) is 12.4 Å². The van der Waals surface area contributed by atoms with Gasteiger partial charge in [-0.1, -0.05) is 24.6 Å². The minimum Gasteiger partial charge on any atom is -0.492 e. The Labute approximate surface area is 133 Å². The fourth-order valence-electron chi connectivity index (χ4n) is 2.55. The third kappa shape index (κ3) is 4.97. The van der Waals surface area contributed by atoms with Crippen LogP contribution in [0.3, 0.4) is 0 Å². The minimum absolute atomic E-state index is 0.254. The highest BCUT2D eigenvalue weighted by Crippen LogP contribution is 2.12. The molecule has 0 radical (unpaired) electrons. The van der Waals surface area contributed by atoms with Gasteiger partial charge in [0.25, 0.3) is 0 Å². The van der Waals surface area contributed by atoms with Gasteiger partial charge in [0.2, 0.25) is 10.0 Å². The Morgan fingerprint density at radius 2 is 1.73 bits per heavy atom. The van der Waals surface area contributed by atoms with E-state index in [1.54, 1.807) is 4.31 Å². The van der Waals surface area contributed by atoms with E-state index in [1.165, 1.54) is 5.56 Å². The summed E-state index contributed by atoms with van der Waals surface area (Å²) in [6.45, 7) is 8.15. The molecule has 1 aromatic rings. The Hall–Kier alpha value is -1.11. The van der Waals surface area contributed by atoms with Crippen molar-refractivity contribution in [2.24, 2.45) is 0 Å². The first-order valence-electron chi connectivity index (χ1n) is 7.91. The second kappa shape index (κ2) is 7.94. The van der Waals surface area contributed by atoms with Crippen LogP contribution < -0.4 is 4.74 Å². The van der Waals surface area contributed by atoms with Crippen molar-refractivity contribution in [1.29, 1.82) is 0 Å². The lowest BCUT2D eigenvalue weighted by molar-refractivity contribution is 0.159. The number of sulfonamides is 1. The van der Waals surface area contributed by atoms with Gasteiger partial charge in [-0.25, -0.2) is 8.42 Å². The van der Waals surface area contributed by atoms with Crippen molar-refractivity contribution in [2.75, 3.05) is 45.1 Å². The average molecular weight is 326 g/mol. The van der Waals surface area contributed by atoms with Crippen molar-refractivity contribution in [3.8, 4) is 5.75 Å². The summed E-state index contributed by atoms with van der Waals surface area (Å²) in [5.41, 5.74) is 1.22. The van der Waals surface area contributed by atoms with E-state index in [9.17, 15) is 8.42 Å². The number of hydrogen-bond donors (Lipinski definition) is 0. The van der Waals surface area contributed by atoms with Gasteiger partial charge in [-0.15, -0.1) is 0 Å². The molecule has 6 heteroatoms. The molecule has 2 rings (SSSR count). The maximum absolute atomic E-state index is 12.0. The molecule has 5 nitrogen and oxygen atoms in total. The standard InChI is InChI=1S/C16H26N2O3S/c1-3-14-22(19,20)18-10-8-17(9-11-18)12-13-21-16-6-4-15(2)5-7-16/h4-7H,3,8-14H2,1-2H3. The number of nitrogens with zero attached hydrogens (tertiary/aromatic N) is 2. The molecule has 0 atom stereocenters. The van der Waals surface area contributed by atoms with Gasteiger partial charge in [-0.2, -0.15) is 4.31 Å². The second-order valence-corrected chi connectivity index (χ2v) is 7.81. The Balaban J connectivity index is 1.70. The largest absolute Gasteiger partial charge is 0.492 e. The van der Waals surface area contributed by atoms with Crippen LogP contribution in [0.25, 0.3) is 0 Å². The van der Waals surface area contributed by atoms with E-state index >= 15 is 0 Å². The lowest BCUT2D eigenvalue weighted by Crippen LogP contribution is -2.50. The molecule has 0 saturated carbocycles. The predicted octanol–water partition coefficient (Wildman–Crippen LogP) is 1.73. The molecule has 1 saturated heterocycles. The summed E-state index contributed by atoms with van der Waals surface area (Å²) in [6, 6.07) is 8.02. The van der Waals surface area contributed by atoms with Gasteiger partial charge < -0.3 is 4.74 Å². The Morgan fingerprint density at radius 1 is 1.09 bits per heavy atom. The van der Waals surface area contributed by atoms with Gasteiger partial charge in [0, 0.05) is 32.7 Å². The number of rotatable bonds is 7. The molecular weight excluding hydrogens is 300 g/mol. The molecule has 1 aliphatic heterocycles. The summed E-state index contributed by atoms with van der Waals surface area (Å²) in [7, 11) is -3.05. The van der Waals surface area contributed by atoms with Crippen LogP contribution in [-0.4, -0.2) is 62.7 Å². The molecule has 0 aromatic heterocycles. The van der Waals surface area contributed by atoms with E-state index in [0.717, 1.165) is 25.4 Å². The van der Waals surface area contributed by atoms with Crippen LogP contribution in [-0.2, 0) is 10.0 Å². The van der Waals surface area contributed by atoms with Crippen molar-refractivity contribution in [1.82, 2.24) is 9.21 Å². The molecule has 0 aliphatic carbocycles. The van der Waals surface area contributed by atoms with Gasteiger partial charge >= 0.3 is 0 Å². The summed E-state index contributed by atoms with van der Waals surface area (Å²) in [5, 5.41) is 0. The molecule has 1 fully saturated rings. The summed E-state index contributed by atoms with van der Waals surface area (Å²) in [4.78, 5) is 2.26. The van der Waals surface area contributed by atoms with E-state index in [0.29, 0.717) is 26.1 Å². The van der Waals surface area contributed by atoms with Gasteiger partial charge in [0.05, 0.1) is 5.75 Å². The summed E-state index contributed by atoms with van der Waals surface area (Å²) in [6.07, 6.45) is 0.674. The maximum Gasteiger partial charge on any atom is 0.214 e. The molecule has 0 amide bonds. The number of benzene rings is 1. The highest BCUT2D eigenvalue weighted by molar-refractivity contribution is 7.89. The molecule has 1 aliphatic rings. The van der Waals surface area contributed by atoms with Crippen molar-refractivity contribution in [2.45, 2.75) is 20.3 Å². The average Bonchev–Trinajstić information content (AvgIpc) is 2.50. The summed E-state index contributed by atoms with van der Waals surface area (Å²) in [5.74, 6) is 1.14. The van der Waals surface area contributed by atoms with Crippen LogP contribution in [0.15, 0.2) is 24.3 Å². The van der Waals surface area contributed by atoms with Crippen LogP contribution in [0.1, 0.15) is 18.9 Å². The van der Waals surface area contributed by atoms with Crippen molar-refractivity contribution in [3.63, 3.8) is 0 Å². The van der Waals surface area contributed by atoms with Crippen LogP contribution in [0, 0.1) is 6.92 Å². The van der Waals surface area contributed by atoms with Crippen LogP contribution in [0.5, 0.6) is 5.75 Å². The first-order chi connectivity index (χ1) is 10.5. The van der Waals surface area contributed by atoms with E-state index in [-0.39, 0.29) is 5.75 Å². The fourth-order valence-corrected chi connectivity index (χ4v) is 4.04. The molecule has 0 spiro atoms. The maximum atomic E-state index is 12.0. The van der Waals surface area contributed by atoms with Gasteiger partial charge in [0.15, 0.2) is 0 Å². The second-order valence-electron chi connectivity index (χ2n) is 5.72. The monoisotopic (exact) mass is 326 g/mol. The van der Waals surface area contributed by atoms with Gasteiger partial charge in [-0.05, 0) is 25.5 Å². The zero-order valence-corrected chi connectivity index (χ0v) is 14.3. The lowest BCUT2D eigenvalue weighted by Gasteiger charge is -2.33. The lowest BCUT2D eigenvalue weighted by atomic mass is 10.2. The molecule has 1 aromatic carbocycles. The van der Waals surface area contributed by atoms with Crippen molar-refractivity contribution in [3.05, 3.63) is 29.8 Å². The normalized spacial score (nSPS) is 17.5. The number of hydrogen-bond acceptors (Lipinski definition) is 4. The van der Waals surface area contributed by atoms with Crippen molar-refractivity contribution < 1.29 is 13.2 Å². The van der Waals surface area contributed by atoms with Crippen LogP contribution in [0.2, 0.25) is 0 Å². The van der Waals surface area contributed by atoms with E-state index in [1.807, 2.05) is 31.2 Å². The van der Waals surface area contributed by atoms with Crippen LogP contribution in [0.4, 0.5) is 0 Å². The quantitative estimate of drug-likeness (QED) is 0.766. The minimum atomic E-state index is -3.05. The topological polar surface area (TPSA) is 49.9 Å². The SMILES string of the molecule is CCCS(=O)(=O)N1CCN(CCOc2ccc(C)cc2)CC1. The number of ether oxygens (including phenoxy) is 1. The predicted molar refractivity (Wildman–Crippen MR) is 88.8 cm³/mol. The third-order valence-corrected chi connectivity index (χ3v) is 5.96. The van der Waals surface area contributed by atoms with E-state index in [4.69, 9.17) is 4.74 Å². The first kappa shape index (κ1) is 17.2. The molecule has 0 bridgehead atoms. The molecule has 0 unspecified atom stereocenters. The van der Waals surface area contributed by atoms with Gasteiger partial charge in [-0.3, -0.25) is 4.90 Å². The summed E-state index contributed by atoms with van der Waals surface area (Å²) < 4.78 is 31.3. The number of piperazine rings is 1. The van der Waals surface area contributed by atoms with E-state index < -0.39 is 10.0 Å². The van der Waals surface area contributed by atoms with Crippen LogP contribution >= 0.6 is 0 Å². The summed E-state index contributed by atoms with van der Waals surface area (Å²) >= 11 is 0. The highest BCUT2D eigenvalue weighted by atomic mass is 32.2. The van der Waals surface area contributed by atoms with E-state index in [2.05, 4.69) is 11.8 Å². The third-order valence-electron chi connectivity index (χ3n) is 3.88. The highest BCUT2D eigenvalue weighted by Gasteiger charge is 2.25. The first-order valence-corrected chi connectivity index (χ1v) is 9.52. The Morgan fingerprint density at radius 3 is 2.32 bits per heavy atom. The zero-order chi connectivity index (χ0) is 16.0. The molecule has 22 heavy (non-hydrogen) atoms. The van der Waals surface area contributed by atoms with Crippen molar-refractivity contribution >= 4 is 10.0 Å². The molecular formula is C16H26N2O3S.